The van der Waals surface area contributed by atoms with Gasteiger partial charge in [-0.3, -0.25) is 0 Å². The van der Waals surface area contributed by atoms with Gasteiger partial charge in [-0.05, 0) is 47.3 Å². The molecule has 1 aromatic carbocycles. The Labute approximate surface area is 119 Å². The Kier molecular flexibility index (Phi) is 5.07. The van der Waals surface area contributed by atoms with Crippen LogP contribution in [-0.2, 0) is 6.42 Å². The minimum atomic E-state index is 0.739. The number of unbranched alkanes of at least 4 members (excludes halogenated alkanes) is 4. The second-order valence-corrected chi connectivity index (χ2v) is 6.56. The normalized spacial score (nSPS) is 25.6. The van der Waals surface area contributed by atoms with Crippen molar-refractivity contribution in [3.05, 3.63) is 34.9 Å². The molecule has 3 unspecified atom stereocenters. The summed E-state index contributed by atoms with van der Waals surface area (Å²) in [5.41, 5.74) is 4.80. The molecule has 3 atom stereocenters. The lowest BCUT2D eigenvalue weighted by molar-refractivity contribution is 0.464. The topological polar surface area (TPSA) is 0 Å². The molecule has 0 heterocycles. The first-order valence-corrected chi connectivity index (χ1v) is 8.27. The fraction of sp³-hybridized carbons (Fsp3) is 0.684. The Morgan fingerprint density at radius 3 is 2.26 bits per heavy atom. The number of fused-ring (bicyclic) bond motifs is 1. The summed E-state index contributed by atoms with van der Waals surface area (Å²) in [5, 5.41) is 0. The van der Waals surface area contributed by atoms with Crippen molar-refractivity contribution in [2.24, 2.45) is 5.92 Å². The minimum absolute atomic E-state index is 0.739. The minimum Gasteiger partial charge on any atom is -0.0654 e. The predicted molar refractivity (Wildman–Crippen MR) is 84.9 cm³/mol. The van der Waals surface area contributed by atoms with E-state index in [0.717, 1.165) is 17.8 Å². The van der Waals surface area contributed by atoms with Gasteiger partial charge in [0.15, 0.2) is 0 Å². The summed E-state index contributed by atoms with van der Waals surface area (Å²) in [4.78, 5) is 0. The maximum absolute atomic E-state index is 2.50. The Hall–Kier alpha value is -0.780. The van der Waals surface area contributed by atoms with Crippen molar-refractivity contribution < 1.29 is 0 Å². The number of hydrogen-bond donors (Lipinski definition) is 0. The molecule has 1 aliphatic carbocycles. The van der Waals surface area contributed by atoms with Crippen molar-refractivity contribution in [1.82, 2.24) is 0 Å². The van der Waals surface area contributed by atoms with Gasteiger partial charge in [0.25, 0.3) is 0 Å². The lowest BCUT2D eigenvalue weighted by atomic mass is 9.91. The molecule has 0 fully saturated rings. The zero-order valence-electron chi connectivity index (χ0n) is 13.2. The van der Waals surface area contributed by atoms with E-state index in [9.17, 15) is 0 Å². The van der Waals surface area contributed by atoms with Gasteiger partial charge in [0.2, 0.25) is 0 Å². The molecule has 106 valence electrons. The molecule has 0 N–H and O–H groups in total. The van der Waals surface area contributed by atoms with E-state index < -0.39 is 0 Å². The zero-order valence-corrected chi connectivity index (χ0v) is 13.2. The molecule has 0 amide bonds. The largest absolute Gasteiger partial charge is 0.0654 e. The average molecular weight is 258 g/mol. The van der Waals surface area contributed by atoms with Gasteiger partial charge in [0.1, 0.15) is 0 Å². The molecule has 2 rings (SSSR count). The highest BCUT2D eigenvalue weighted by Crippen LogP contribution is 2.46. The quantitative estimate of drug-likeness (QED) is 0.544. The van der Waals surface area contributed by atoms with Crippen LogP contribution in [0.2, 0.25) is 0 Å². The second-order valence-electron chi connectivity index (χ2n) is 6.56. The molecular formula is C19H30. The molecule has 0 saturated heterocycles. The monoisotopic (exact) mass is 258 g/mol. The van der Waals surface area contributed by atoms with Crippen LogP contribution in [0.15, 0.2) is 18.2 Å². The highest BCUT2D eigenvalue weighted by Gasteiger charge is 2.31. The summed E-state index contributed by atoms with van der Waals surface area (Å²) in [7, 11) is 0. The van der Waals surface area contributed by atoms with E-state index in [1.165, 1.54) is 38.5 Å². The average Bonchev–Trinajstić information content (AvgIpc) is 2.64. The van der Waals surface area contributed by atoms with E-state index in [-0.39, 0.29) is 0 Å². The van der Waals surface area contributed by atoms with E-state index in [1.807, 2.05) is 0 Å². The lowest BCUT2D eigenvalue weighted by Gasteiger charge is -2.13. The summed E-state index contributed by atoms with van der Waals surface area (Å²) in [5.74, 6) is 2.28. The van der Waals surface area contributed by atoms with Gasteiger partial charge in [-0.25, -0.2) is 0 Å². The van der Waals surface area contributed by atoms with Crippen LogP contribution in [-0.4, -0.2) is 0 Å². The maximum atomic E-state index is 2.50. The molecule has 0 radical (unpaired) electrons. The third-order valence-corrected chi connectivity index (χ3v) is 5.28. The zero-order chi connectivity index (χ0) is 13.8. The number of benzene rings is 1. The Balaban J connectivity index is 1.95. The van der Waals surface area contributed by atoms with Gasteiger partial charge >= 0.3 is 0 Å². The van der Waals surface area contributed by atoms with Crippen LogP contribution in [0.5, 0.6) is 0 Å². The van der Waals surface area contributed by atoms with Gasteiger partial charge in [-0.2, -0.15) is 0 Å². The lowest BCUT2D eigenvalue weighted by Crippen LogP contribution is -2.01. The predicted octanol–water partition coefficient (Wildman–Crippen LogP) is 6.06. The smallest absolute Gasteiger partial charge is 0.0156 e. The molecule has 1 aromatic rings. The maximum Gasteiger partial charge on any atom is -0.0156 e. The number of aryl methyl sites for hydroxylation is 1. The third kappa shape index (κ3) is 3.22. The van der Waals surface area contributed by atoms with Gasteiger partial charge in [0, 0.05) is 0 Å². The number of hydrogen-bond acceptors (Lipinski definition) is 0. The Morgan fingerprint density at radius 2 is 1.53 bits per heavy atom. The van der Waals surface area contributed by atoms with Crippen LogP contribution in [0.1, 0.15) is 88.3 Å². The fourth-order valence-electron chi connectivity index (χ4n) is 3.52. The van der Waals surface area contributed by atoms with Crippen molar-refractivity contribution in [1.29, 1.82) is 0 Å². The summed E-state index contributed by atoms with van der Waals surface area (Å²) in [6.07, 6.45) is 8.17. The van der Waals surface area contributed by atoms with Crippen molar-refractivity contribution in [3.63, 3.8) is 0 Å². The standard InChI is InChI=1S/C19H30/c1-5-6-7-8-9-10-17-11-12-18-15(3)14(2)16(4)19(18)13-17/h11-16H,5-10H2,1-4H3. The van der Waals surface area contributed by atoms with Crippen molar-refractivity contribution in [2.45, 2.75) is 78.1 Å². The first-order chi connectivity index (χ1) is 9.15. The molecule has 0 nitrogen and oxygen atoms in total. The first kappa shape index (κ1) is 14.6. The summed E-state index contributed by atoms with van der Waals surface area (Å²) in [6, 6.07) is 7.28. The molecule has 0 spiro atoms. The number of rotatable bonds is 6. The van der Waals surface area contributed by atoms with Gasteiger partial charge < -0.3 is 0 Å². The molecule has 0 heteroatoms. The van der Waals surface area contributed by atoms with E-state index in [0.29, 0.717) is 0 Å². The first-order valence-electron chi connectivity index (χ1n) is 8.27. The van der Waals surface area contributed by atoms with Gasteiger partial charge in [0.05, 0.1) is 0 Å². The van der Waals surface area contributed by atoms with E-state index >= 15 is 0 Å². The van der Waals surface area contributed by atoms with Crippen molar-refractivity contribution in [3.8, 4) is 0 Å². The molecule has 0 aliphatic heterocycles. The Bertz CT molecular complexity index is 404. The summed E-state index contributed by atoms with van der Waals surface area (Å²) in [6.45, 7) is 9.47. The highest BCUT2D eigenvalue weighted by atomic mass is 14.4. The molecule has 0 bridgehead atoms. The van der Waals surface area contributed by atoms with Crippen LogP contribution < -0.4 is 0 Å². The molecule has 19 heavy (non-hydrogen) atoms. The molecule has 0 saturated carbocycles. The summed E-state index contributed by atoms with van der Waals surface area (Å²) >= 11 is 0. The van der Waals surface area contributed by atoms with Crippen LogP contribution in [0.3, 0.4) is 0 Å². The summed E-state index contributed by atoms with van der Waals surface area (Å²) < 4.78 is 0. The van der Waals surface area contributed by atoms with Crippen LogP contribution in [0.4, 0.5) is 0 Å². The van der Waals surface area contributed by atoms with Crippen molar-refractivity contribution >= 4 is 0 Å². The molecule has 1 aliphatic rings. The van der Waals surface area contributed by atoms with E-state index in [4.69, 9.17) is 0 Å². The van der Waals surface area contributed by atoms with E-state index in [1.54, 1.807) is 16.7 Å². The Morgan fingerprint density at radius 1 is 0.842 bits per heavy atom. The molecule has 0 aromatic heterocycles. The SMILES string of the molecule is CCCCCCCc1ccc2c(c1)C(C)C(C)C2C. The highest BCUT2D eigenvalue weighted by molar-refractivity contribution is 5.41. The van der Waals surface area contributed by atoms with Gasteiger partial charge in [-0.1, -0.05) is 71.6 Å². The van der Waals surface area contributed by atoms with Crippen molar-refractivity contribution in [2.75, 3.05) is 0 Å². The van der Waals surface area contributed by atoms with E-state index in [2.05, 4.69) is 45.9 Å². The van der Waals surface area contributed by atoms with Crippen LogP contribution in [0.25, 0.3) is 0 Å². The van der Waals surface area contributed by atoms with Crippen LogP contribution >= 0.6 is 0 Å². The molecular weight excluding hydrogens is 228 g/mol. The van der Waals surface area contributed by atoms with Crippen LogP contribution in [0, 0.1) is 5.92 Å². The van der Waals surface area contributed by atoms with Gasteiger partial charge in [-0.15, -0.1) is 0 Å². The second kappa shape index (κ2) is 6.59. The fourth-order valence-corrected chi connectivity index (χ4v) is 3.52. The third-order valence-electron chi connectivity index (χ3n) is 5.28.